The highest BCUT2D eigenvalue weighted by Crippen LogP contribution is 2.16. The number of nitrogens with two attached hydrogens (primary N) is 1. The minimum absolute atomic E-state index is 0.285. The number of hydrogen-bond donors (Lipinski definition) is 2. The van der Waals surface area contributed by atoms with Crippen LogP contribution in [-0.2, 0) is 11.2 Å². The summed E-state index contributed by atoms with van der Waals surface area (Å²) in [7, 11) is 1.75. The van der Waals surface area contributed by atoms with Crippen LogP contribution in [0.2, 0.25) is 0 Å². The summed E-state index contributed by atoms with van der Waals surface area (Å²) in [5.41, 5.74) is 6.42. The van der Waals surface area contributed by atoms with Crippen LogP contribution in [0.1, 0.15) is 25.3 Å². The molecule has 132 valence electrons. The van der Waals surface area contributed by atoms with E-state index in [9.17, 15) is 9.18 Å². The van der Waals surface area contributed by atoms with Gasteiger partial charge in [-0.1, -0.05) is 19.1 Å². The number of amides is 1. The van der Waals surface area contributed by atoms with Crippen molar-refractivity contribution >= 4 is 11.9 Å². The van der Waals surface area contributed by atoms with Crippen molar-refractivity contribution < 1.29 is 9.18 Å². The van der Waals surface area contributed by atoms with E-state index in [0.29, 0.717) is 13.0 Å². The summed E-state index contributed by atoms with van der Waals surface area (Å²) in [6, 6.07) is 6.17. The quantitative estimate of drug-likeness (QED) is 0.637. The number of benzene rings is 1. The van der Waals surface area contributed by atoms with Crippen LogP contribution in [0, 0.1) is 17.7 Å². The fourth-order valence-corrected chi connectivity index (χ4v) is 2.95. The number of carbonyl (C=O) groups excluding carboxylic acids is 1. The Morgan fingerprint density at radius 2 is 2.00 bits per heavy atom. The highest BCUT2D eigenvalue weighted by atomic mass is 19.1. The smallest absolute Gasteiger partial charge is 0.222 e. The number of carbonyl (C=O) groups is 1. The highest BCUT2D eigenvalue weighted by Gasteiger charge is 2.21. The molecule has 1 aromatic carbocycles. The van der Waals surface area contributed by atoms with Crippen LogP contribution in [0.25, 0.3) is 0 Å². The first-order valence-electron chi connectivity index (χ1n) is 8.49. The second-order valence-electron chi connectivity index (χ2n) is 6.53. The Hall–Kier alpha value is -2.11. The lowest BCUT2D eigenvalue weighted by Gasteiger charge is -2.33. The molecule has 0 spiro atoms. The van der Waals surface area contributed by atoms with Gasteiger partial charge in [-0.15, -0.1) is 0 Å². The van der Waals surface area contributed by atoms with E-state index in [-0.39, 0.29) is 17.6 Å². The third-order valence-electron chi connectivity index (χ3n) is 4.60. The maximum Gasteiger partial charge on any atom is 0.222 e. The molecule has 1 heterocycles. The number of hydrogen-bond acceptors (Lipinski definition) is 2. The van der Waals surface area contributed by atoms with E-state index in [0.717, 1.165) is 43.4 Å². The molecule has 1 aromatic rings. The molecule has 1 aliphatic rings. The SMILES string of the molecule is CN=C(NCC(Cc1ccc(F)cc1)C(N)=O)N1CCC(C)CC1. The van der Waals surface area contributed by atoms with Crippen LogP contribution < -0.4 is 11.1 Å². The number of aliphatic imine (C=N–C) groups is 1. The highest BCUT2D eigenvalue weighted by molar-refractivity contribution is 5.82. The molecule has 0 saturated carbocycles. The van der Waals surface area contributed by atoms with E-state index in [1.165, 1.54) is 12.1 Å². The van der Waals surface area contributed by atoms with Gasteiger partial charge >= 0.3 is 0 Å². The number of guanidine groups is 1. The van der Waals surface area contributed by atoms with Gasteiger partial charge in [0.15, 0.2) is 5.96 Å². The molecule has 1 atom stereocenters. The van der Waals surface area contributed by atoms with E-state index in [1.807, 2.05) is 0 Å². The average Bonchev–Trinajstić information content (AvgIpc) is 2.57. The van der Waals surface area contributed by atoms with E-state index in [2.05, 4.69) is 22.1 Å². The fourth-order valence-electron chi connectivity index (χ4n) is 2.95. The van der Waals surface area contributed by atoms with Crippen molar-refractivity contribution in [1.29, 1.82) is 0 Å². The lowest BCUT2D eigenvalue weighted by atomic mass is 9.98. The zero-order valence-corrected chi connectivity index (χ0v) is 14.5. The summed E-state index contributed by atoms with van der Waals surface area (Å²) in [6.07, 6.45) is 2.78. The molecule has 0 aromatic heterocycles. The number of nitrogens with one attached hydrogen (secondary N) is 1. The zero-order chi connectivity index (χ0) is 17.5. The van der Waals surface area contributed by atoms with E-state index in [1.54, 1.807) is 19.2 Å². The molecule has 1 amide bonds. The van der Waals surface area contributed by atoms with Crippen LogP contribution in [-0.4, -0.2) is 43.4 Å². The average molecular weight is 334 g/mol. The predicted octanol–water partition coefficient (Wildman–Crippen LogP) is 1.78. The minimum atomic E-state index is -0.366. The van der Waals surface area contributed by atoms with E-state index >= 15 is 0 Å². The maximum atomic E-state index is 13.0. The molecule has 24 heavy (non-hydrogen) atoms. The first-order valence-corrected chi connectivity index (χ1v) is 8.49. The Morgan fingerprint density at radius 3 is 2.54 bits per heavy atom. The Bertz CT molecular complexity index is 565. The van der Waals surface area contributed by atoms with Crippen molar-refractivity contribution in [2.45, 2.75) is 26.2 Å². The largest absolute Gasteiger partial charge is 0.369 e. The van der Waals surface area contributed by atoms with Gasteiger partial charge in [0, 0.05) is 26.7 Å². The van der Waals surface area contributed by atoms with Crippen molar-refractivity contribution in [2.75, 3.05) is 26.7 Å². The standard InChI is InChI=1S/C18H27FN4O/c1-13-7-9-23(10-8-13)18(21-2)22-12-15(17(20)24)11-14-3-5-16(19)6-4-14/h3-6,13,15H,7-12H2,1-2H3,(H2,20,24)(H,21,22). The predicted molar refractivity (Wildman–Crippen MR) is 94.1 cm³/mol. The van der Waals surface area contributed by atoms with Crippen molar-refractivity contribution in [3.8, 4) is 0 Å². The number of rotatable bonds is 5. The second kappa shape index (κ2) is 8.66. The molecule has 6 heteroatoms. The molecule has 1 aliphatic heterocycles. The number of primary amides is 1. The Labute approximate surface area is 143 Å². The van der Waals surface area contributed by atoms with Gasteiger partial charge < -0.3 is 16.0 Å². The molecule has 5 nitrogen and oxygen atoms in total. The molecule has 1 unspecified atom stereocenters. The molecule has 2 rings (SSSR count). The molecule has 1 saturated heterocycles. The van der Waals surface area contributed by atoms with Gasteiger partial charge in [0.25, 0.3) is 0 Å². The van der Waals surface area contributed by atoms with Crippen LogP contribution in [0.15, 0.2) is 29.3 Å². The first-order chi connectivity index (χ1) is 11.5. The minimum Gasteiger partial charge on any atom is -0.369 e. The third-order valence-corrected chi connectivity index (χ3v) is 4.60. The van der Waals surface area contributed by atoms with Gasteiger partial charge in [0.05, 0.1) is 5.92 Å². The number of halogens is 1. The second-order valence-corrected chi connectivity index (χ2v) is 6.53. The maximum absolute atomic E-state index is 13.0. The van der Waals surface area contributed by atoms with Crippen LogP contribution in [0.3, 0.4) is 0 Å². The van der Waals surface area contributed by atoms with Crippen LogP contribution >= 0.6 is 0 Å². The Kier molecular flexibility index (Phi) is 6.58. The molecule has 0 radical (unpaired) electrons. The molecule has 3 N–H and O–H groups in total. The van der Waals surface area contributed by atoms with Crippen LogP contribution in [0.5, 0.6) is 0 Å². The molecule has 0 aliphatic carbocycles. The van der Waals surface area contributed by atoms with Crippen molar-refractivity contribution in [2.24, 2.45) is 22.6 Å². The van der Waals surface area contributed by atoms with Crippen molar-refractivity contribution in [1.82, 2.24) is 10.2 Å². The molecule has 0 bridgehead atoms. The molecular weight excluding hydrogens is 307 g/mol. The van der Waals surface area contributed by atoms with Gasteiger partial charge in [-0.25, -0.2) is 4.39 Å². The monoisotopic (exact) mass is 334 g/mol. The summed E-state index contributed by atoms with van der Waals surface area (Å²) in [5, 5.41) is 3.27. The van der Waals surface area contributed by atoms with E-state index in [4.69, 9.17) is 5.73 Å². The van der Waals surface area contributed by atoms with Gasteiger partial charge in [0.1, 0.15) is 5.82 Å². The third kappa shape index (κ3) is 5.22. The number of piperidine rings is 1. The zero-order valence-electron chi connectivity index (χ0n) is 14.5. The lowest BCUT2D eigenvalue weighted by Crippen LogP contribution is -2.48. The Balaban J connectivity index is 1.92. The summed E-state index contributed by atoms with van der Waals surface area (Å²) in [4.78, 5) is 18.3. The summed E-state index contributed by atoms with van der Waals surface area (Å²) < 4.78 is 13.0. The van der Waals surface area contributed by atoms with Crippen molar-refractivity contribution in [3.05, 3.63) is 35.6 Å². The fraction of sp³-hybridized carbons (Fsp3) is 0.556. The van der Waals surface area contributed by atoms with Gasteiger partial charge in [-0.3, -0.25) is 9.79 Å². The molecular formula is C18H27FN4O. The molecule has 1 fully saturated rings. The number of likely N-dealkylation sites (tertiary alicyclic amines) is 1. The van der Waals surface area contributed by atoms with Crippen molar-refractivity contribution in [3.63, 3.8) is 0 Å². The van der Waals surface area contributed by atoms with E-state index < -0.39 is 0 Å². The lowest BCUT2D eigenvalue weighted by molar-refractivity contribution is -0.121. The topological polar surface area (TPSA) is 70.7 Å². The van der Waals surface area contributed by atoms with Crippen LogP contribution in [0.4, 0.5) is 4.39 Å². The number of nitrogens with zero attached hydrogens (tertiary/aromatic N) is 2. The first kappa shape index (κ1) is 18.2. The van der Waals surface area contributed by atoms with Gasteiger partial charge in [-0.2, -0.15) is 0 Å². The summed E-state index contributed by atoms with van der Waals surface area (Å²) in [5.74, 6) is 0.543. The summed E-state index contributed by atoms with van der Waals surface area (Å²) in [6.45, 7) is 4.63. The Morgan fingerprint density at radius 1 is 1.38 bits per heavy atom. The van der Waals surface area contributed by atoms with Gasteiger partial charge in [-0.05, 0) is 42.9 Å². The normalized spacial score (nSPS) is 17.6. The van der Waals surface area contributed by atoms with Gasteiger partial charge in [0.2, 0.25) is 5.91 Å². The summed E-state index contributed by atoms with van der Waals surface area (Å²) >= 11 is 0.